The lowest BCUT2D eigenvalue weighted by Gasteiger charge is -2.20. The lowest BCUT2D eigenvalue weighted by atomic mass is 10.0. The van der Waals surface area contributed by atoms with Crippen LogP contribution in [0.2, 0.25) is 0 Å². The maximum Gasteiger partial charge on any atom is 0.255 e. The summed E-state index contributed by atoms with van der Waals surface area (Å²) in [5.41, 5.74) is 2.27. The molecule has 8 heteroatoms. The van der Waals surface area contributed by atoms with Gasteiger partial charge in [-0.25, -0.2) is 13.1 Å². The second kappa shape index (κ2) is 10.1. The first-order valence-corrected chi connectivity index (χ1v) is 13.2. The normalized spacial score (nSPS) is 15.2. The third-order valence-corrected chi connectivity index (χ3v) is 7.90. The second-order valence-electron chi connectivity index (χ2n) is 7.67. The highest BCUT2D eigenvalue weighted by Crippen LogP contribution is 2.29. The summed E-state index contributed by atoms with van der Waals surface area (Å²) in [6, 6.07) is 10.1. The molecule has 1 saturated heterocycles. The molecule has 0 aromatic heterocycles. The highest BCUT2D eigenvalue weighted by atomic mass is 32.2. The number of amides is 1. The van der Waals surface area contributed by atoms with E-state index in [9.17, 15) is 13.2 Å². The van der Waals surface area contributed by atoms with E-state index in [-0.39, 0.29) is 16.8 Å². The molecule has 2 aromatic rings. The first-order chi connectivity index (χ1) is 14.8. The molecule has 2 aromatic carbocycles. The molecule has 1 aliphatic rings. The number of sulfonamides is 1. The van der Waals surface area contributed by atoms with E-state index in [1.807, 2.05) is 38.3 Å². The number of rotatable bonds is 8. The first-order valence-electron chi connectivity index (χ1n) is 10.4. The van der Waals surface area contributed by atoms with E-state index in [1.165, 1.54) is 17.8 Å². The van der Waals surface area contributed by atoms with Crippen LogP contribution in [0.1, 0.15) is 53.7 Å². The molecule has 1 amide bonds. The molecule has 168 valence electrons. The summed E-state index contributed by atoms with van der Waals surface area (Å²) in [7, 11) is -2.20. The van der Waals surface area contributed by atoms with Crippen molar-refractivity contribution in [2.45, 2.75) is 48.9 Å². The van der Waals surface area contributed by atoms with Gasteiger partial charge < -0.3 is 9.64 Å². The summed E-state index contributed by atoms with van der Waals surface area (Å²) in [6.45, 7) is 5.31. The summed E-state index contributed by atoms with van der Waals surface area (Å²) >= 11 is 1.45. The van der Waals surface area contributed by atoms with Crippen LogP contribution in [0.15, 0.2) is 46.2 Å². The number of hydrogen-bond acceptors (Lipinski definition) is 5. The third-order valence-electron chi connectivity index (χ3n) is 5.63. The van der Waals surface area contributed by atoms with Gasteiger partial charge >= 0.3 is 0 Å². The molecule has 0 aliphatic carbocycles. The van der Waals surface area contributed by atoms with Gasteiger partial charge in [0.2, 0.25) is 10.0 Å². The fraction of sp³-hybridized carbons (Fsp3) is 0.435. The zero-order valence-electron chi connectivity index (χ0n) is 18.5. The van der Waals surface area contributed by atoms with Crippen LogP contribution in [-0.2, 0) is 10.0 Å². The minimum atomic E-state index is -3.81. The average molecular weight is 463 g/mol. The Hall–Kier alpha value is -2.03. The number of ether oxygens (including phenoxy) is 1. The molecule has 6 nitrogen and oxygen atoms in total. The van der Waals surface area contributed by atoms with Gasteiger partial charge in [0.05, 0.1) is 17.6 Å². The number of benzene rings is 2. The van der Waals surface area contributed by atoms with Gasteiger partial charge in [-0.2, -0.15) is 0 Å². The Kier molecular flexibility index (Phi) is 7.67. The zero-order valence-corrected chi connectivity index (χ0v) is 20.1. The first kappa shape index (κ1) is 23.6. The van der Waals surface area contributed by atoms with Crippen molar-refractivity contribution in [1.29, 1.82) is 0 Å². The minimum absolute atomic E-state index is 0.100. The molecule has 0 radical (unpaired) electrons. The van der Waals surface area contributed by atoms with Gasteiger partial charge in [-0.15, -0.1) is 11.8 Å². The van der Waals surface area contributed by atoms with Crippen molar-refractivity contribution in [3.05, 3.63) is 53.1 Å². The largest absolute Gasteiger partial charge is 0.496 e. The lowest BCUT2D eigenvalue weighted by molar-refractivity contribution is 0.0789. The van der Waals surface area contributed by atoms with Crippen molar-refractivity contribution in [2.75, 3.05) is 26.5 Å². The predicted molar refractivity (Wildman–Crippen MR) is 124 cm³/mol. The van der Waals surface area contributed by atoms with Crippen LogP contribution in [0.3, 0.4) is 0 Å². The highest BCUT2D eigenvalue weighted by molar-refractivity contribution is 7.98. The summed E-state index contributed by atoms with van der Waals surface area (Å²) in [6.07, 6.45) is 4.45. The molecular weight excluding hydrogens is 432 g/mol. The van der Waals surface area contributed by atoms with Crippen LogP contribution < -0.4 is 9.46 Å². The fourth-order valence-electron chi connectivity index (χ4n) is 3.87. The van der Waals surface area contributed by atoms with Crippen molar-refractivity contribution in [3.63, 3.8) is 0 Å². The number of carbonyl (C=O) groups is 1. The highest BCUT2D eigenvalue weighted by Gasteiger charge is 2.26. The van der Waals surface area contributed by atoms with Gasteiger partial charge in [0.15, 0.2) is 0 Å². The molecule has 0 spiro atoms. The van der Waals surface area contributed by atoms with Crippen molar-refractivity contribution in [3.8, 4) is 5.75 Å². The molecule has 1 aliphatic heterocycles. The Bertz CT molecular complexity index is 1050. The van der Waals surface area contributed by atoms with E-state index in [2.05, 4.69) is 4.72 Å². The number of nitrogens with one attached hydrogen (secondary N) is 1. The molecule has 3 rings (SSSR count). The Balaban J connectivity index is 1.90. The molecule has 1 N–H and O–H groups in total. The van der Waals surface area contributed by atoms with Gasteiger partial charge in [-0.3, -0.25) is 4.79 Å². The van der Waals surface area contributed by atoms with E-state index in [0.29, 0.717) is 12.0 Å². The smallest absolute Gasteiger partial charge is 0.255 e. The maximum atomic E-state index is 13.2. The molecule has 0 unspecified atom stereocenters. The van der Waals surface area contributed by atoms with Crippen LogP contribution in [-0.4, -0.2) is 45.7 Å². The quantitative estimate of drug-likeness (QED) is 0.589. The number of carbonyl (C=O) groups excluding carboxylic acids is 1. The molecule has 1 atom stereocenters. The monoisotopic (exact) mass is 462 g/mol. The van der Waals surface area contributed by atoms with Crippen LogP contribution in [0.4, 0.5) is 0 Å². The van der Waals surface area contributed by atoms with E-state index in [4.69, 9.17) is 4.74 Å². The van der Waals surface area contributed by atoms with E-state index >= 15 is 0 Å². The zero-order chi connectivity index (χ0) is 22.6. The van der Waals surface area contributed by atoms with Crippen molar-refractivity contribution in [2.24, 2.45) is 0 Å². The Morgan fingerprint density at radius 3 is 2.48 bits per heavy atom. The maximum absolute atomic E-state index is 13.2. The summed E-state index contributed by atoms with van der Waals surface area (Å²) in [5, 5.41) is 0. The van der Waals surface area contributed by atoms with E-state index in [0.717, 1.165) is 47.7 Å². The summed E-state index contributed by atoms with van der Waals surface area (Å²) in [4.78, 5) is 15.7. The summed E-state index contributed by atoms with van der Waals surface area (Å²) in [5.74, 6) is 0.663. The van der Waals surface area contributed by atoms with E-state index < -0.39 is 10.0 Å². The van der Waals surface area contributed by atoms with Crippen LogP contribution >= 0.6 is 11.8 Å². The number of nitrogens with zero attached hydrogens (tertiary/aromatic N) is 1. The molecule has 0 saturated carbocycles. The topological polar surface area (TPSA) is 75.7 Å². The van der Waals surface area contributed by atoms with Gasteiger partial charge in [0, 0.05) is 24.0 Å². The Morgan fingerprint density at radius 2 is 1.90 bits per heavy atom. The van der Waals surface area contributed by atoms with Gasteiger partial charge in [-0.05, 0) is 67.8 Å². The lowest BCUT2D eigenvalue weighted by Crippen LogP contribution is -2.30. The third kappa shape index (κ3) is 5.25. The molecule has 0 bridgehead atoms. The van der Waals surface area contributed by atoms with Crippen molar-refractivity contribution >= 4 is 27.7 Å². The summed E-state index contributed by atoms with van der Waals surface area (Å²) < 4.78 is 34.5. The fourth-order valence-corrected chi connectivity index (χ4v) is 5.78. The number of hydrogen-bond donors (Lipinski definition) is 1. The molecule has 31 heavy (non-hydrogen) atoms. The van der Waals surface area contributed by atoms with Crippen LogP contribution in [0.5, 0.6) is 5.75 Å². The SMILES string of the molecule is CC[C@@H](NS(=O)(=O)c1ccc(SC)c(C(=O)N2CCCC2)c1)c1ccc(OC)c(C)c1. The average Bonchev–Trinajstić information content (AvgIpc) is 3.31. The molecular formula is C23H30N2O4S2. The Labute approximate surface area is 189 Å². The number of aryl methyl sites for hydroxylation is 1. The van der Waals surface area contributed by atoms with Gasteiger partial charge in [0.1, 0.15) is 5.75 Å². The van der Waals surface area contributed by atoms with Crippen LogP contribution in [0.25, 0.3) is 0 Å². The molecule has 1 heterocycles. The minimum Gasteiger partial charge on any atom is -0.496 e. The van der Waals surface area contributed by atoms with Crippen molar-refractivity contribution in [1.82, 2.24) is 9.62 Å². The molecule has 1 fully saturated rings. The standard InChI is InChI=1S/C23H30N2O4S2/c1-5-20(17-8-10-21(29-3)16(2)14-17)24-31(27,28)18-9-11-22(30-4)19(15-18)23(26)25-12-6-7-13-25/h8-11,14-15,20,24H,5-7,12-13H2,1-4H3/t20-/m1/s1. The van der Waals surface area contributed by atoms with Gasteiger partial charge in [-0.1, -0.05) is 19.1 Å². The number of likely N-dealkylation sites (tertiary alicyclic amines) is 1. The van der Waals surface area contributed by atoms with Crippen molar-refractivity contribution < 1.29 is 17.9 Å². The number of methoxy groups -OCH3 is 1. The van der Waals surface area contributed by atoms with E-state index in [1.54, 1.807) is 24.1 Å². The predicted octanol–water partition coefficient (Wildman–Crippen LogP) is 4.39. The van der Waals surface area contributed by atoms with Crippen LogP contribution in [0, 0.1) is 6.92 Å². The second-order valence-corrected chi connectivity index (χ2v) is 10.2. The number of thioether (sulfide) groups is 1. The van der Waals surface area contributed by atoms with Gasteiger partial charge in [0.25, 0.3) is 5.91 Å². The Morgan fingerprint density at radius 1 is 1.19 bits per heavy atom.